The number of ether oxygens (including phenoxy) is 1. The van der Waals surface area contributed by atoms with E-state index in [4.69, 9.17) is 4.74 Å². The van der Waals surface area contributed by atoms with Crippen LogP contribution in [0.2, 0.25) is 0 Å². The first kappa shape index (κ1) is 14.0. The molecule has 1 rings (SSSR count). The second kappa shape index (κ2) is 8.13. The molecule has 0 heterocycles. The molecular weight excluding hydrogens is 210 g/mol. The summed E-state index contributed by atoms with van der Waals surface area (Å²) in [6.07, 6.45) is 3.66. The van der Waals surface area contributed by atoms with Crippen LogP contribution in [0.4, 0.5) is 0 Å². The molecule has 0 aliphatic carbocycles. The van der Waals surface area contributed by atoms with Gasteiger partial charge in [0.1, 0.15) is 5.75 Å². The minimum absolute atomic E-state index is 0.747. The maximum atomic E-state index is 5.14. The minimum atomic E-state index is 0.747. The molecule has 2 nitrogen and oxygen atoms in total. The van der Waals surface area contributed by atoms with Gasteiger partial charge in [0, 0.05) is 0 Å². The number of rotatable bonds is 8. The van der Waals surface area contributed by atoms with E-state index in [0.717, 1.165) is 31.2 Å². The highest BCUT2D eigenvalue weighted by molar-refractivity contribution is 5.27. The van der Waals surface area contributed by atoms with Gasteiger partial charge in [0.2, 0.25) is 0 Å². The van der Waals surface area contributed by atoms with Crippen molar-refractivity contribution < 1.29 is 4.74 Å². The summed E-state index contributed by atoms with van der Waals surface area (Å²) in [4.78, 5) is 0. The molecule has 0 fully saturated rings. The molecule has 0 atom stereocenters. The fourth-order valence-corrected chi connectivity index (χ4v) is 1.76. The second-order valence-electron chi connectivity index (χ2n) is 4.90. The smallest absolute Gasteiger partial charge is 0.118 e. The first-order chi connectivity index (χ1) is 8.22. The summed E-state index contributed by atoms with van der Waals surface area (Å²) in [5.74, 6) is 1.68. The largest absolute Gasteiger partial charge is 0.497 e. The van der Waals surface area contributed by atoms with E-state index in [2.05, 4.69) is 31.3 Å². The van der Waals surface area contributed by atoms with Crippen molar-refractivity contribution >= 4 is 0 Å². The lowest BCUT2D eigenvalue weighted by molar-refractivity contribution is 0.414. The van der Waals surface area contributed by atoms with Crippen LogP contribution in [0.3, 0.4) is 0 Å². The number of benzene rings is 1. The van der Waals surface area contributed by atoms with Crippen molar-refractivity contribution in [2.24, 2.45) is 5.92 Å². The van der Waals surface area contributed by atoms with Crippen molar-refractivity contribution in [3.8, 4) is 5.75 Å². The number of methoxy groups -OCH3 is 1. The van der Waals surface area contributed by atoms with E-state index < -0.39 is 0 Å². The molecule has 1 aromatic carbocycles. The van der Waals surface area contributed by atoms with Gasteiger partial charge in [0.25, 0.3) is 0 Å². The van der Waals surface area contributed by atoms with Crippen molar-refractivity contribution in [1.29, 1.82) is 0 Å². The Balaban J connectivity index is 2.09. The SMILES string of the molecule is COc1ccc(CCCCNCC(C)C)cc1. The lowest BCUT2D eigenvalue weighted by Crippen LogP contribution is -2.20. The van der Waals surface area contributed by atoms with Crippen molar-refractivity contribution in [2.45, 2.75) is 33.1 Å². The summed E-state index contributed by atoms with van der Waals surface area (Å²) in [7, 11) is 1.70. The Morgan fingerprint density at radius 3 is 2.41 bits per heavy atom. The van der Waals surface area contributed by atoms with Crippen molar-refractivity contribution in [1.82, 2.24) is 5.32 Å². The predicted molar refractivity (Wildman–Crippen MR) is 73.6 cm³/mol. The van der Waals surface area contributed by atoms with E-state index >= 15 is 0 Å². The van der Waals surface area contributed by atoms with Gasteiger partial charge in [-0.25, -0.2) is 0 Å². The molecule has 2 heteroatoms. The maximum absolute atomic E-state index is 5.14. The zero-order chi connectivity index (χ0) is 12.5. The first-order valence-corrected chi connectivity index (χ1v) is 6.56. The van der Waals surface area contributed by atoms with Crippen LogP contribution in [0.1, 0.15) is 32.3 Å². The molecule has 1 N–H and O–H groups in total. The van der Waals surface area contributed by atoms with Gasteiger partial charge in [-0.05, 0) is 56.0 Å². The number of hydrogen-bond donors (Lipinski definition) is 1. The van der Waals surface area contributed by atoms with Crippen LogP contribution in [0.15, 0.2) is 24.3 Å². The zero-order valence-electron chi connectivity index (χ0n) is 11.3. The quantitative estimate of drug-likeness (QED) is 0.698. The van der Waals surface area contributed by atoms with Gasteiger partial charge in [0.05, 0.1) is 7.11 Å². The zero-order valence-corrected chi connectivity index (χ0v) is 11.3. The molecule has 0 saturated carbocycles. The molecule has 0 aromatic heterocycles. The molecule has 0 radical (unpaired) electrons. The third-order valence-electron chi connectivity index (χ3n) is 2.78. The molecular formula is C15H25NO. The van der Waals surface area contributed by atoms with Gasteiger partial charge in [-0.15, -0.1) is 0 Å². The summed E-state index contributed by atoms with van der Waals surface area (Å²) < 4.78 is 5.14. The van der Waals surface area contributed by atoms with E-state index in [1.807, 2.05) is 12.1 Å². The monoisotopic (exact) mass is 235 g/mol. The van der Waals surface area contributed by atoms with Crippen molar-refractivity contribution in [3.05, 3.63) is 29.8 Å². The van der Waals surface area contributed by atoms with E-state index in [-0.39, 0.29) is 0 Å². The Hall–Kier alpha value is -1.02. The van der Waals surface area contributed by atoms with Crippen LogP contribution >= 0.6 is 0 Å². The lowest BCUT2D eigenvalue weighted by Gasteiger charge is -2.07. The number of aryl methyl sites for hydroxylation is 1. The van der Waals surface area contributed by atoms with Crippen LogP contribution in [0, 0.1) is 5.92 Å². The van der Waals surface area contributed by atoms with Gasteiger partial charge < -0.3 is 10.1 Å². The van der Waals surface area contributed by atoms with Crippen molar-refractivity contribution in [3.63, 3.8) is 0 Å². The predicted octanol–water partition coefficient (Wildman–Crippen LogP) is 3.26. The molecule has 0 aliphatic heterocycles. The molecule has 0 saturated heterocycles. The Morgan fingerprint density at radius 2 is 1.82 bits per heavy atom. The van der Waals surface area contributed by atoms with E-state index in [1.54, 1.807) is 7.11 Å². The summed E-state index contributed by atoms with van der Waals surface area (Å²) in [5.41, 5.74) is 1.40. The van der Waals surface area contributed by atoms with Crippen LogP contribution in [0.25, 0.3) is 0 Å². The molecule has 96 valence electrons. The van der Waals surface area contributed by atoms with Crippen LogP contribution in [-0.4, -0.2) is 20.2 Å². The van der Waals surface area contributed by atoms with Crippen LogP contribution in [0.5, 0.6) is 5.75 Å². The third-order valence-corrected chi connectivity index (χ3v) is 2.78. The number of hydrogen-bond acceptors (Lipinski definition) is 2. The average molecular weight is 235 g/mol. The highest BCUT2D eigenvalue weighted by atomic mass is 16.5. The lowest BCUT2D eigenvalue weighted by atomic mass is 10.1. The Bertz CT molecular complexity index is 292. The maximum Gasteiger partial charge on any atom is 0.118 e. The first-order valence-electron chi connectivity index (χ1n) is 6.56. The standard InChI is InChI=1S/C15H25NO/c1-13(2)12-16-11-5-4-6-14-7-9-15(17-3)10-8-14/h7-10,13,16H,4-6,11-12H2,1-3H3. The van der Waals surface area contributed by atoms with Gasteiger partial charge >= 0.3 is 0 Å². The van der Waals surface area contributed by atoms with Crippen LogP contribution in [-0.2, 0) is 6.42 Å². The van der Waals surface area contributed by atoms with Crippen LogP contribution < -0.4 is 10.1 Å². The van der Waals surface area contributed by atoms with Gasteiger partial charge in [-0.1, -0.05) is 26.0 Å². The Labute approximate surface area is 105 Å². The van der Waals surface area contributed by atoms with Gasteiger partial charge in [-0.2, -0.15) is 0 Å². The summed E-state index contributed by atoms with van der Waals surface area (Å²) in [5, 5.41) is 3.47. The van der Waals surface area contributed by atoms with E-state index in [1.165, 1.54) is 18.4 Å². The van der Waals surface area contributed by atoms with Gasteiger partial charge in [-0.3, -0.25) is 0 Å². The normalized spacial score (nSPS) is 10.8. The molecule has 0 unspecified atom stereocenters. The Kier molecular flexibility index (Phi) is 6.71. The number of nitrogens with one attached hydrogen (secondary N) is 1. The van der Waals surface area contributed by atoms with E-state index in [9.17, 15) is 0 Å². The highest BCUT2D eigenvalue weighted by Crippen LogP contribution is 2.12. The topological polar surface area (TPSA) is 21.3 Å². The summed E-state index contributed by atoms with van der Waals surface area (Å²) >= 11 is 0. The number of unbranched alkanes of at least 4 members (excludes halogenated alkanes) is 1. The summed E-state index contributed by atoms with van der Waals surface area (Å²) in [6, 6.07) is 8.37. The average Bonchev–Trinajstić information content (AvgIpc) is 2.34. The second-order valence-corrected chi connectivity index (χ2v) is 4.90. The molecule has 1 aromatic rings. The Morgan fingerprint density at radius 1 is 1.12 bits per heavy atom. The molecule has 0 bridgehead atoms. The van der Waals surface area contributed by atoms with E-state index in [0.29, 0.717) is 0 Å². The molecule has 0 amide bonds. The fourth-order valence-electron chi connectivity index (χ4n) is 1.76. The molecule has 17 heavy (non-hydrogen) atoms. The summed E-state index contributed by atoms with van der Waals surface area (Å²) in [6.45, 7) is 6.74. The molecule has 0 spiro atoms. The van der Waals surface area contributed by atoms with Crippen molar-refractivity contribution in [2.75, 3.05) is 20.2 Å². The third kappa shape index (κ3) is 6.32. The van der Waals surface area contributed by atoms with Gasteiger partial charge in [0.15, 0.2) is 0 Å². The molecule has 0 aliphatic rings. The fraction of sp³-hybridized carbons (Fsp3) is 0.600. The highest BCUT2D eigenvalue weighted by Gasteiger charge is 1.96. The minimum Gasteiger partial charge on any atom is -0.497 e.